The van der Waals surface area contributed by atoms with Gasteiger partial charge in [0.2, 0.25) is 0 Å². The van der Waals surface area contributed by atoms with E-state index in [1.807, 2.05) is 17.6 Å². The number of benzene rings is 1. The van der Waals surface area contributed by atoms with Crippen LogP contribution in [0.5, 0.6) is 0 Å². The standard InChI is InChI=1S/C15H18N4O2/c1-2-16-12-7-5-9-14(15(12)19(20)21)18-10-17-11-6-3-4-8-13(11)18/h5,7,9-10,16H,2-4,6,8H2,1H3. The Kier molecular flexibility index (Phi) is 3.60. The predicted octanol–water partition coefficient (Wildman–Crippen LogP) is 3.09. The molecule has 1 aliphatic rings. The molecule has 1 N–H and O–H groups in total. The number of fused-ring (bicyclic) bond motifs is 1. The van der Waals surface area contributed by atoms with Crippen molar-refractivity contribution >= 4 is 11.4 Å². The van der Waals surface area contributed by atoms with Gasteiger partial charge in [0.1, 0.15) is 11.4 Å². The molecule has 2 aromatic rings. The van der Waals surface area contributed by atoms with Crippen LogP contribution in [0.3, 0.4) is 0 Å². The van der Waals surface area contributed by atoms with E-state index in [9.17, 15) is 10.1 Å². The molecule has 0 radical (unpaired) electrons. The Labute approximate surface area is 123 Å². The first-order valence-electron chi connectivity index (χ1n) is 7.29. The second kappa shape index (κ2) is 5.55. The fraction of sp³-hybridized carbons (Fsp3) is 0.400. The molecule has 21 heavy (non-hydrogen) atoms. The lowest BCUT2D eigenvalue weighted by Gasteiger charge is -2.15. The largest absolute Gasteiger partial charge is 0.380 e. The first-order chi connectivity index (χ1) is 10.2. The monoisotopic (exact) mass is 286 g/mol. The molecule has 1 heterocycles. The maximum atomic E-state index is 11.5. The van der Waals surface area contributed by atoms with E-state index < -0.39 is 0 Å². The van der Waals surface area contributed by atoms with E-state index in [1.165, 1.54) is 0 Å². The average Bonchev–Trinajstić information content (AvgIpc) is 2.91. The van der Waals surface area contributed by atoms with E-state index in [2.05, 4.69) is 10.3 Å². The molecule has 6 heteroatoms. The summed E-state index contributed by atoms with van der Waals surface area (Å²) < 4.78 is 1.88. The molecule has 0 amide bonds. The molecule has 0 atom stereocenters. The Hall–Kier alpha value is -2.37. The molecule has 0 bridgehead atoms. The predicted molar refractivity (Wildman–Crippen MR) is 81.0 cm³/mol. The number of para-hydroxylation sites is 1. The number of nitro groups is 1. The zero-order valence-electron chi connectivity index (χ0n) is 12.0. The van der Waals surface area contributed by atoms with Crippen molar-refractivity contribution in [3.63, 3.8) is 0 Å². The third kappa shape index (κ3) is 2.37. The van der Waals surface area contributed by atoms with Gasteiger partial charge in [-0.15, -0.1) is 0 Å². The Morgan fingerprint density at radius 1 is 1.38 bits per heavy atom. The lowest BCUT2D eigenvalue weighted by Crippen LogP contribution is -2.10. The highest BCUT2D eigenvalue weighted by Gasteiger charge is 2.24. The number of hydrogen-bond donors (Lipinski definition) is 1. The van der Waals surface area contributed by atoms with Gasteiger partial charge in [0.15, 0.2) is 0 Å². The number of nitro benzene ring substituents is 1. The van der Waals surface area contributed by atoms with E-state index >= 15 is 0 Å². The van der Waals surface area contributed by atoms with Crippen LogP contribution in [0, 0.1) is 10.1 Å². The first-order valence-corrected chi connectivity index (χ1v) is 7.29. The van der Waals surface area contributed by atoms with Crippen LogP contribution in [0.15, 0.2) is 24.5 Å². The van der Waals surface area contributed by atoms with Crippen molar-refractivity contribution in [2.24, 2.45) is 0 Å². The molecular weight excluding hydrogens is 268 g/mol. The molecule has 110 valence electrons. The molecule has 1 aromatic heterocycles. The summed E-state index contributed by atoms with van der Waals surface area (Å²) in [7, 11) is 0. The lowest BCUT2D eigenvalue weighted by atomic mass is 10.0. The van der Waals surface area contributed by atoms with Crippen molar-refractivity contribution in [1.82, 2.24) is 9.55 Å². The fourth-order valence-corrected chi connectivity index (χ4v) is 2.93. The van der Waals surface area contributed by atoms with Crippen LogP contribution in [0.4, 0.5) is 11.4 Å². The molecule has 0 saturated carbocycles. The summed E-state index contributed by atoms with van der Waals surface area (Å²) in [6, 6.07) is 5.37. The highest BCUT2D eigenvalue weighted by molar-refractivity contribution is 5.71. The van der Waals surface area contributed by atoms with Crippen LogP contribution in [0.25, 0.3) is 5.69 Å². The van der Waals surface area contributed by atoms with Crippen molar-refractivity contribution in [3.05, 3.63) is 46.0 Å². The van der Waals surface area contributed by atoms with Crippen LogP contribution in [-0.2, 0) is 12.8 Å². The van der Waals surface area contributed by atoms with Gasteiger partial charge in [-0.05, 0) is 44.7 Å². The Bertz CT molecular complexity index is 678. The maximum Gasteiger partial charge on any atom is 0.316 e. The van der Waals surface area contributed by atoms with E-state index in [0.29, 0.717) is 17.9 Å². The maximum absolute atomic E-state index is 11.5. The summed E-state index contributed by atoms with van der Waals surface area (Å²) >= 11 is 0. The summed E-state index contributed by atoms with van der Waals surface area (Å²) in [5, 5.41) is 14.6. The van der Waals surface area contributed by atoms with Crippen LogP contribution in [0.2, 0.25) is 0 Å². The van der Waals surface area contributed by atoms with Gasteiger partial charge in [0.05, 0.1) is 16.9 Å². The Morgan fingerprint density at radius 3 is 2.95 bits per heavy atom. The summed E-state index contributed by atoms with van der Waals surface area (Å²) in [4.78, 5) is 15.6. The van der Waals surface area contributed by atoms with E-state index in [-0.39, 0.29) is 10.6 Å². The third-order valence-electron chi connectivity index (χ3n) is 3.85. The van der Waals surface area contributed by atoms with Gasteiger partial charge < -0.3 is 5.32 Å². The van der Waals surface area contributed by atoms with Gasteiger partial charge in [0.25, 0.3) is 0 Å². The van der Waals surface area contributed by atoms with Crippen LogP contribution < -0.4 is 5.32 Å². The number of hydrogen-bond acceptors (Lipinski definition) is 4. The number of rotatable bonds is 4. The number of aromatic nitrogens is 2. The van der Waals surface area contributed by atoms with Crippen LogP contribution >= 0.6 is 0 Å². The van der Waals surface area contributed by atoms with Crippen molar-refractivity contribution < 1.29 is 4.92 Å². The number of nitrogens with one attached hydrogen (secondary N) is 1. The highest BCUT2D eigenvalue weighted by Crippen LogP contribution is 2.33. The molecule has 0 spiro atoms. The van der Waals surface area contributed by atoms with Crippen LogP contribution in [0.1, 0.15) is 31.2 Å². The Balaban J connectivity index is 2.16. The molecule has 3 rings (SSSR count). The van der Waals surface area contributed by atoms with Gasteiger partial charge >= 0.3 is 5.69 Å². The normalized spacial score (nSPS) is 13.8. The molecule has 1 aliphatic carbocycles. The Morgan fingerprint density at radius 2 is 2.19 bits per heavy atom. The van der Waals surface area contributed by atoms with Crippen molar-refractivity contribution in [2.45, 2.75) is 32.6 Å². The van der Waals surface area contributed by atoms with Gasteiger partial charge in [0, 0.05) is 12.2 Å². The summed E-state index contributed by atoms with van der Waals surface area (Å²) in [6.07, 6.45) is 5.86. The van der Waals surface area contributed by atoms with Gasteiger partial charge in [-0.1, -0.05) is 6.07 Å². The molecule has 1 aromatic carbocycles. The van der Waals surface area contributed by atoms with E-state index in [1.54, 1.807) is 18.5 Å². The molecular formula is C15H18N4O2. The summed E-state index contributed by atoms with van der Waals surface area (Å²) in [5.74, 6) is 0. The summed E-state index contributed by atoms with van der Waals surface area (Å²) in [6.45, 7) is 2.57. The van der Waals surface area contributed by atoms with Gasteiger partial charge in [-0.3, -0.25) is 14.7 Å². The molecule has 0 unspecified atom stereocenters. The number of aryl methyl sites for hydroxylation is 1. The van der Waals surface area contributed by atoms with E-state index in [0.717, 1.165) is 37.1 Å². The quantitative estimate of drug-likeness (QED) is 0.692. The smallest absolute Gasteiger partial charge is 0.316 e. The minimum absolute atomic E-state index is 0.116. The number of nitrogens with zero attached hydrogens (tertiary/aromatic N) is 3. The fourth-order valence-electron chi connectivity index (χ4n) is 2.93. The summed E-state index contributed by atoms with van der Waals surface area (Å²) in [5.41, 5.74) is 3.44. The second-order valence-corrected chi connectivity index (χ2v) is 5.18. The average molecular weight is 286 g/mol. The van der Waals surface area contributed by atoms with Crippen molar-refractivity contribution in [1.29, 1.82) is 0 Å². The van der Waals surface area contributed by atoms with E-state index in [4.69, 9.17) is 0 Å². The zero-order valence-corrected chi connectivity index (χ0v) is 12.0. The second-order valence-electron chi connectivity index (χ2n) is 5.18. The minimum atomic E-state index is -0.317. The minimum Gasteiger partial charge on any atom is -0.380 e. The lowest BCUT2D eigenvalue weighted by molar-refractivity contribution is -0.383. The van der Waals surface area contributed by atoms with Crippen molar-refractivity contribution in [2.75, 3.05) is 11.9 Å². The molecule has 0 fully saturated rings. The molecule has 6 nitrogen and oxygen atoms in total. The molecule has 0 aliphatic heterocycles. The topological polar surface area (TPSA) is 73.0 Å². The van der Waals surface area contributed by atoms with Crippen molar-refractivity contribution in [3.8, 4) is 5.69 Å². The molecule has 0 saturated heterocycles. The van der Waals surface area contributed by atoms with Gasteiger partial charge in [-0.25, -0.2) is 4.98 Å². The van der Waals surface area contributed by atoms with Gasteiger partial charge in [-0.2, -0.15) is 0 Å². The first kappa shape index (κ1) is 13.6. The SMILES string of the molecule is CCNc1cccc(-n2cnc3c2CCCC3)c1[N+](=O)[O-]. The zero-order chi connectivity index (χ0) is 14.8. The third-order valence-corrected chi connectivity index (χ3v) is 3.85. The van der Waals surface area contributed by atoms with Crippen LogP contribution in [-0.4, -0.2) is 21.0 Å². The highest BCUT2D eigenvalue weighted by atomic mass is 16.6. The number of imidazole rings is 1. The number of anilines is 1.